The highest BCUT2D eigenvalue weighted by Gasteiger charge is 2.35. The zero-order valence-corrected chi connectivity index (χ0v) is 29.0. The molecule has 0 aromatic heterocycles. The summed E-state index contributed by atoms with van der Waals surface area (Å²) in [6.45, 7) is 1.34. The fourth-order valence-corrected chi connectivity index (χ4v) is 7.82. The molecule has 1 aliphatic carbocycles. The van der Waals surface area contributed by atoms with Gasteiger partial charge in [-0.25, -0.2) is 12.8 Å². The van der Waals surface area contributed by atoms with E-state index in [-0.39, 0.29) is 29.8 Å². The number of rotatable bonds is 13. The number of nitrogens with one attached hydrogen (secondary N) is 1. The molecule has 252 valence electrons. The molecule has 1 atom stereocenters. The minimum absolute atomic E-state index is 0.000914. The number of halogens is 1. The first-order chi connectivity index (χ1) is 23.1. The van der Waals surface area contributed by atoms with E-state index in [1.165, 1.54) is 28.8 Å². The molecular weight excluding hydrogens is 646 g/mol. The van der Waals surface area contributed by atoms with E-state index in [2.05, 4.69) is 5.32 Å². The second-order valence-electron chi connectivity index (χ2n) is 12.2. The summed E-state index contributed by atoms with van der Waals surface area (Å²) in [6.07, 6.45) is 7.03. The van der Waals surface area contributed by atoms with Crippen LogP contribution in [0.2, 0.25) is 0 Å². The van der Waals surface area contributed by atoms with Crippen molar-refractivity contribution in [2.24, 2.45) is 0 Å². The molecule has 1 saturated carbocycles. The van der Waals surface area contributed by atoms with E-state index >= 15 is 0 Å². The lowest BCUT2D eigenvalue weighted by molar-refractivity contribution is -0.140. The van der Waals surface area contributed by atoms with Crippen molar-refractivity contribution in [3.05, 3.63) is 126 Å². The van der Waals surface area contributed by atoms with Crippen LogP contribution in [0.4, 0.5) is 10.1 Å². The van der Waals surface area contributed by atoms with Crippen LogP contribution >= 0.6 is 11.8 Å². The largest absolute Gasteiger partial charge is 0.352 e. The predicted octanol–water partition coefficient (Wildman–Crippen LogP) is 7.14. The minimum atomic E-state index is -4.20. The van der Waals surface area contributed by atoms with Crippen molar-refractivity contribution in [2.75, 3.05) is 17.1 Å². The molecule has 1 unspecified atom stereocenters. The van der Waals surface area contributed by atoms with Gasteiger partial charge in [0.05, 0.1) is 10.6 Å². The summed E-state index contributed by atoms with van der Waals surface area (Å²) in [5.74, 6) is -1.26. The van der Waals surface area contributed by atoms with Crippen molar-refractivity contribution in [3.8, 4) is 0 Å². The lowest BCUT2D eigenvalue weighted by Gasteiger charge is -2.35. The summed E-state index contributed by atoms with van der Waals surface area (Å²) >= 11 is 1.50. The Morgan fingerprint density at radius 3 is 2.12 bits per heavy atom. The Kier molecular flexibility index (Phi) is 11.9. The molecular formula is C38H42FN3O4S2. The monoisotopic (exact) mass is 687 g/mol. The van der Waals surface area contributed by atoms with Gasteiger partial charge in [-0.15, -0.1) is 11.8 Å². The van der Waals surface area contributed by atoms with Crippen molar-refractivity contribution in [1.29, 1.82) is 0 Å². The number of aryl methyl sites for hydroxylation is 1. The number of carbonyl (C=O) groups is 2. The van der Waals surface area contributed by atoms with E-state index in [1.54, 1.807) is 60.7 Å². The van der Waals surface area contributed by atoms with Gasteiger partial charge in [0.1, 0.15) is 18.4 Å². The zero-order chi connectivity index (χ0) is 34.1. The predicted molar refractivity (Wildman–Crippen MR) is 190 cm³/mol. The van der Waals surface area contributed by atoms with Gasteiger partial charge in [-0.1, -0.05) is 79.4 Å². The normalized spacial score (nSPS) is 14.2. The van der Waals surface area contributed by atoms with Gasteiger partial charge >= 0.3 is 0 Å². The third kappa shape index (κ3) is 9.05. The fourth-order valence-electron chi connectivity index (χ4n) is 6.00. The molecule has 0 saturated heterocycles. The van der Waals surface area contributed by atoms with E-state index < -0.39 is 34.3 Å². The maximum atomic E-state index is 14.6. The van der Waals surface area contributed by atoms with Gasteiger partial charge in [-0.3, -0.25) is 13.9 Å². The molecule has 1 aliphatic rings. The van der Waals surface area contributed by atoms with Crippen LogP contribution in [0, 0.1) is 12.7 Å². The zero-order valence-electron chi connectivity index (χ0n) is 27.3. The van der Waals surface area contributed by atoms with Gasteiger partial charge in [-0.05, 0) is 85.7 Å². The summed E-state index contributed by atoms with van der Waals surface area (Å²) in [7, 11) is -4.20. The topological polar surface area (TPSA) is 86.8 Å². The van der Waals surface area contributed by atoms with Crippen LogP contribution < -0.4 is 9.62 Å². The van der Waals surface area contributed by atoms with Gasteiger partial charge in [0.2, 0.25) is 11.8 Å². The molecule has 0 heterocycles. The summed E-state index contributed by atoms with van der Waals surface area (Å²) in [4.78, 5) is 31.2. The Bertz CT molecular complexity index is 1760. The maximum absolute atomic E-state index is 14.6. The molecule has 48 heavy (non-hydrogen) atoms. The van der Waals surface area contributed by atoms with Crippen molar-refractivity contribution >= 4 is 39.3 Å². The molecule has 1 fully saturated rings. The second-order valence-corrected chi connectivity index (χ2v) is 15.0. The molecule has 0 aliphatic heterocycles. The van der Waals surface area contributed by atoms with Crippen molar-refractivity contribution in [2.45, 2.75) is 73.9 Å². The van der Waals surface area contributed by atoms with Crippen molar-refractivity contribution in [3.63, 3.8) is 0 Å². The molecule has 0 bridgehead atoms. The van der Waals surface area contributed by atoms with E-state index in [4.69, 9.17) is 0 Å². The van der Waals surface area contributed by atoms with Gasteiger partial charge in [0.25, 0.3) is 10.0 Å². The molecule has 0 spiro atoms. The third-order valence-electron chi connectivity index (χ3n) is 8.74. The Hall–Kier alpha value is -4.15. The minimum Gasteiger partial charge on any atom is -0.352 e. The first-order valence-electron chi connectivity index (χ1n) is 16.3. The first-order valence-corrected chi connectivity index (χ1v) is 18.9. The number of sulfonamides is 1. The van der Waals surface area contributed by atoms with Crippen LogP contribution in [0.15, 0.2) is 113 Å². The van der Waals surface area contributed by atoms with Gasteiger partial charge in [-0.2, -0.15) is 0 Å². The number of anilines is 1. The molecule has 4 aromatic carbocycles. The quantitative estimate of drug-likeness (QED) is 0.151. The highest BCUT2D eigenvalue weighted by Crippen LogP contribution is 2.27. The lowest BCUT2D eigenvalue weighted by Crippen LogP contribution is -2.55. The van der Waals surface area contributed by atoms with Crippen molar-refractivity contribution in [1.82, 2.24) is 10.2 Å². The van der Waals surface area contributed by atoms with Crippen LogP contribution in [-0.2, 0) is 32.6 Å². The Morgan fingerprint density at radius 2 is 1.50 bits per heavy atom. The molecule has 1 N–H and O–H groups in total. The standard InChI is InChI=1S/C38H42FN3O4S2/c1-28-13-19-33(20-14-28)42(48(45,46)35-23-21-34(47-2)22-24-35)27-37(43)41(26-30-15-17-31(39)18-16-30)36(25-29-9-5-3-6-10-29)38(44)40-32-11-7-4-8-12-32/h3,5-6,9-10,13-24,32,36H,4,7-8,11-12,25-27H2,1-2H3,(H,40,44). The average molecular weight is 688 g/mol. The SMILES string of the molecule is CSc1ccc(S(=O)(=O)N(CC(=O)N(Cc2ccc(F)cc2)C(Cc2ccccc2)C(=O)NC2CCCCC2)c2ccc(C)cc2)cc1. The Labute approximate surface area is 287 Å². The summed E-state index contributed by atoms with van der Waals surface area (Å²) in [6, 6.07) is 27.8. The molecule has 4 aromatic rings. The van der Waals surface area contributed by atoms with Crippen LogP contribution in [0.1, 0.15) is 48.8 Å². The number of thioether (sulfide) groups is 1. The average Bonchev–Trinajstić information content (AvgIpc) is 3.10. The first kappa shape index (κ1) is 35.2. The van der Waals surface area contributed by atoms with Crippen LogP contribution in [-0.4, -0.2) is 50.0 Å². The fraction of sp³-hybridized carbons (Fsp3) is 0.316. The van der Waals surface area contributed by atoms with E-state index in [9.17, 15) is 22.4 Å². The number of hydrogen-bond acceptors (Lipinski definition) is 5. The number of carbonyl (C=O) groups excluding carboxylic acids is 2. The number of hydrogen-bond donors (Lipinski definition) is 1. The van der Waals surface area contributed by atoms with Gasteiger partial charge in [0, 0.05) is 23.9 Å². The highest BCUT2D eigenvalue weighted by atomic mass is 32.2. The highest BCUT2D eigenvalue weighted by molar-refractivity contribution is 7.98. The smallest absolute Gasteiger partial charge is 0.264 e. The molecule has 2 amide bonds. The Morgan fingerprint density at radius 1 is 0.854 bits per heavy atom. The second kappa shape index (κ2) is 16.3. The van der Waals surface area contributed by atoms with E-state index in [1.807, 2.05) is 43.5 Å². The molecule has 5 rings (SSSR count). The Balaban J connectivity index is 1.55. The van der Waals surface area contributed by atoms with Crippen molar-refractivity contribution < 1.29 is 22.4 Å². The molecule has 10 heteroatoms. The summed E-state index contributed by atoms with van der Waals surface area (Å²) in [5.41, 5.74) is 2.74. The van der Waals surface area contributed by atoms with Crippen LogP contribution in [0.25, 0.3) is 0 Å². The number of nitrogens with zero attached hydrogens (tertiary/aromatic N) is 2. The number of benzene rings is 4. The maximum Gasteiger partial charge on any atom is 0.264 e. The molecule has 0 radical (unpaired) electrons. The van der Waals surface area contributed by atoms with Crippen LogP contribution in [0.5, 0.6) is 0 Å². The third-order valence-corrected chi connectivity index (χ3v) is 11.3. The van der Waals surface area contributed by atoms with Crippen LogP contribution in [0.3, 0.4) is 0 Å². The summed E-state index contributed by atoms with van der Waals surface area (Å²) < 4.78 is 43.5. The van der Waals surface area contributed by atoms with Gasteiger partial charge < -0.3 is 10.2 Å². The number of amides is 2. The lowest BCUT2D eigenvalue weighted by atomic mass is 9.94. The van der Waals surface area contributed by atoms with Gasteiger partial charge in [0.15, 0.2) is 0 Å². The molecule has 7 nitrogen and oxygen atoms in total. The summed E-state index contributed by atoms with van der Waals surface area (Å²) in [5, 5.41) is 3.20. The van der Waals surface area contributed by atoms with E-state index in [0.29, 0.717) is 11.3 Å². The van der Waals surface area contributed by atoms with E-state index in [0.717, 1.165) is 52.4 Å².